The van der Waals surface area contributed by atoms with Gasteiger partial charge in [0.2, 0.25) is 0 Å². The van der Waals surface area contributed by atoms with E-state index in [2.05, 4.69) is 41.4 Å². The lowest BCUT2D eigenvalue weighted by Crippen LogP contribution is -1.87. The predicted molar refractivity (Wildman–Crippen MR) is 61.3 cm³/mol. The first-order chi connectivity index (χ1) is 6.74. The highest BCUT2D eigenvalue weighted by Gasteiger charge is 1.99. The first kappa shape index (κ1) is 9.55. The van der Waals surface area contributed by atoms with E-state index in [9.17, 15) is 0 Å². The van der Waals surface area contributed by atoms with Crippen LogP contribution in [0.1, 0.15) is 16.1 Å². The summed E-state index contributed by atoms with van der Waals surface area (Å²) >= 11 is 6.51. The number of hydrogen-bond acceptors (Lipinski definition) is 3. The summed E-state index contributed by atoms with van der Waals surface area (Å²) in [5.41, 5.74) is 2.56. The van der Waals surface area contributed by atoms with Crippen molar-refractivity contribution in [1.82, 2.24) is 10.2 Å². The fourth-order valence-corrected chi connectivity index (χ4v) is 2.30. The molecule has 1 aromatic heterocycles. The topological polar surface area (TPSA) is 28.7 Å². The van der Waals surface area contributed by atoms with Gasteiger partial charge >= 0.3 is 0 Å². The monoisotopic (exact) mass is 222 g/mol. The van der Waals surface area contributed by atoms with Crippen LogP contribution in [-0.2, 0) is 6.42 Å². The number of nitrogens with zero attached hydrogens (tertiary/aromatic N) is 1. The Balaban J connectivity index is 2.22. The zero-order chi connectivity index (χ0) is 9.97. The maximum atomic E-state index is 4.98. The quantitative estimate of drug-likeness (QED) is 0.791. The molecule has 2 aromatic rings. The molecule has 1 heterocycles. The molecule has 0 unspecified atom stereocenters. The zero-order valence-corrected chi connectivity index (χ0v) is 9.41. The summed E-state index contributed by atoms with van der Waals surface area (Å²) in [4.78, 5) is 0. The molecule has 0 aliphatic carbocycles. The van der Waals surface area contributed by atoms with Crippen LogP contribution in [0.4, 0.5) is 0 Å². The molecule has 1 N–H and O–H groups in total. The summed E-state index contributed by atoms with van der Waals surface area (Å²) in [7, 11) is 0. The lowest BCUT2D eigenvalue weighted by molar-refractivity contribution is 0.996. The van der Waals surface area contributed by atoms with Gasteiger partial charge in [-0.25, -0.2) is 0 Å². The van der Waals surface area contributed by atoms with Crippen LogP contribution < -0.4 is 0 Å². The van der Waals surface area contributed by atoms with E-state index in [1.165, 1.54) is 22.5 Å². The number of H-pyrrole nitrogens is 1. The van der Waals surface area contributed by atoms with Gasteiger partial charge in [0.15, 0.2) is 3.95 Å². The van der Waals surface area contributed by atoms with E-state index in [0.29, 0.717) is 0 Å². The highest BCUT2D eigenvalue weighted by molar-refractivity contribution is 7.73. The minimum Gasteiger partial charge on any atom is -0.258 e. The molecule has 0 bridgehead atoms. The van der Waals surface area contributed by atoms with Crippen LogP contribution >= 0.6 is 23.6 Å². The van der Waals surface area contributed by atoms with E-state index in [1.807, 2.05) is 0 Å². The molecule has 72 valence electrons. The van der Waals surface area contributed by atoms with E-state index in [1.54, 1.807) is 0 Å². The Morgan fingerprint density at radius 3 is 3.00 bits per heavy atom. The number of benzene rings is 1. The summed E-state index contributed by atoms with van der Waals surface area (Å²) < 4.78 is 0.743. The molecule has 1 aromatic carbocycles. The Morgan fingerprint density at radius 1 is 1.50 bits per heavy atom. The van der Waals surface area contributed by atoms with Crippen molar-refractivity contribution in [3.05, 3.63) is 44.4 Å². The van der Waals surface area contributed by atoms with Crippen molar-refractivity contribution in [1.29, 1.82) is 0 Å². The van der Waals surface area contributed by atoms with Gasteiger partial charge in [0, 0.05) is 6.42 Å². The molecule has 4 heteroatoms. The smallest absolute Gasteiger partial charge is 0.176 e. The molecule has 0 saturated carbocycles. The van der Waals surface area contributed by atoms with Gasteiger partial charge in [-0.05, 0) is 24.7 Å². The SMILES string of the molecule is Cc1cccc(Cc2n[nH]c(=S)s2)c1. The Bertz CT molecular complexity index is 485. The van der Waals surface area contributed by atoms with Crippen molar-refractivity contribution < 1.29 is 0 Å². The van der Waals surface area contributed by atoms with Crippen LogP contribution in [0.3, 0.4) is 0 Å². The summed E-state index contributed by atoms with van der Waals surface area (Å²) in [5.74, 6) is 0. The van der Waals surface area contributed by atoms with Gasteiger partial charge < -0.3 is 0 Å². The summed E-state index contributed by atoms with van der Waals surface area (Å²) in [5, 5.41) is 7.96. The third kappa shape index (κ3) is 2.27. The second kappa shape index (κ2) is 4.02. The van der Waals surface area contributed by atoms with Gasteiger partial charge in [-0.3, -0.25) is 5.10 Å². The normalized spacial score (nSPS) is 10.4. The van der Waals surface area contributed by atoms with Crippen molar-refractivity contribution in [3.8, 4) is 0 Å². The van der Waals surface area contributed by atoms with Crippen molar-refractivity contribution >= 4 is 23.6 Å². The maximum absolute atomic E-state index is 4.98. The van der Waals surface area contributed by atoms with Gasteiger partial charge in [-0.2, -0.15) is 5.10 Å². The molecule has 2 rings (SSSR count). The molecule has 2 nitrogen and oxygen atoms in total. The van der Waals surface area contributed by atoms with Crippen molar-refractivity contribution in [3.63, 3.8) is 0 Å². The van der Waals surface area contributed by atoms with Crippen LogP contribution in [-0.4, -0.2) is 10.2 Å². The Hall–Kier alpha value is -1.00. The molecule has 0 spiro atoms. The van der Waals surface area contributed by atoms with Crippen molar-refractivity contribution in [2.75, 3.05) is 0 Å². The fourth-order valence-electron chi connectivity index (χ4n) is 1.33. The standard InChI is InChI=1S/C10H10N2S2/c1-7-3-2-4-8(5-7)6-9-11-12-10(13)14-9/h2-5H,6H2,1H3,(H,12,13). The maximum Gasteiger partial charge on any atom is 0.176 e. The molecule has 0 amide bonds. The molecule has 0 atom stereocenters. The predicted octanol–water partition coefficient (Wildman–Crippen LogP) is 3.10. The Morgan fingerprint density at radius 2 is 2.36 bits per heavy atom. The number of rotatable bonds is 2. The lowest BCUT2D eigenvalue weighted by atomic mass is 10.1. The summed E-state index contributed by atoms with van der Waals surface area (Å²) in [6.45, 7) is 2.09. The van der Waals surface area contributed by atoms with E-state index in [-0.39, 0.29) is 0 Å². The molecule has 0 fully saturated rings. The van der Waals surface area contributed by atoms with Gasteiger partial charge in [0.1, 0.15) is 5.01 Å². The molecule has 0 aliphatic rings. The van der Waals surface area contributed by atoms with Crippen LogP contribution in [0.15, 0.2) is 24.3 Å². The molecule has 0 saturated heterocycles. The van der Waals surface area contributed by atoms with Crippen molar-refractivity contribution in [2.24, 2.45) is 0 Å². The van der Waals surface area contributed by atoms with E-state index >= 15 is 0 Å². The summed E-state index contributed by atoms with van der Waals surface area (Å²) in [6, 6.07) is 8.44. The molecule has 0 radical (unpaired) electrons. The second-order valence-electron chi connectivity index (χ2n) is 3.17. The number of hydrogen-bond donors (Lipinski definition) is 1. The van der Waals surface area contributed by atoms with E-state index in [0.717, 1.165) is 15.4 Å². The summed E-state index contributed by atoms with van der Waals surface area (Å²) in [6.07, 6.45) is 0.861. The second-order valence-corrected chi connectivity index (χ2v) is 4.92. The average molecular weight is 222 g/mol. The minimum absolute atomic E-state index is 0.743. The number of aromatic nitrogens is 2. The Kier molecular flexibility index (Phi) is 2.74. The minimum atomic E-state index is 0.743. The number of nitrogens with one attached hydrogen (secondary N) is 1. The van der Waals surface area contributed by atoms with Gasteiger partial charge in [-0.1, -0.05) is 41.2 Å². The fraction of sp³-hybridized carbons (Fsp3) is 0.200. The average Bonchev–Trinajstić information content (AvgIpc) is 2.51. The van der Waals surface area contributed by atoms with Gasteiger partial charge in [0.05, 0.1) is 0 Å². The largest absolute Gasteiger partial charge is 0.258 e. The highest BCUT2D eigenvalue weighted by atomic mass is 32.1. The van der Waals surface area contributed by atoms with Crippen LogP contribution in [0, 0.1) is 10.9 Å². The molecule has 14 heavy (non-hydrogen) atoms. The van der Waals surface area contributed by atoms with Crippen LogP contribution in [0.25, 0.3) is 0 Å². The van der Waals surface area contributed by atoms with E-state index in [4.69, 9.17) is 12.2 Å². The van der Waals surface area contributed by atoms with Crippen LogP contribution in [0.2, 0.25) is 0 Å². The lowest BCUT2D eigenvalue weighted by Gasteiger charge is -1.98. The van der Waals surface area contributed by atoms with E-state index < -0.39 is 0 Å². The number of aromatic amines is 1. The van der Waals surface area contributed by atoms with Crippen LogP contribution in [0.5, 0.6) is 0 Å². The third-order valence-corrected chi connectivity index (χ3v) is 3.01. The van der Waals surface area contributed by atoms with Crippen molar-refractivity contribution in [2.45, 2.75) is 13.3 Å². The number of aryl methyl sites for hydroxylation is 1. The zero-order valence-electron chi connectivity index (χ0n) is 7.78. The van der Waals surface area contributed by atoms with Gasteiger partial charge in [-0.15, -0.1) is 0 Å². The van der Waals surface area contributed by atoms with Gasteiger partial charge in [0.25, 0.3) is 0 Å². The third-order valence-electron chi connectivity index (χ3n) is 1.92. The molecular weight excluding hydrogens is 212 g/mol. The Labute approximate surface area is 91.6 Å². The highest BCUT2D eigenvalue weighted by Crippen LogP contribution is 2.12. The first-order valence-electron chi connectivity index (χ1n) is 4.34. The molecule has 0 aliphatic heterocycles. The molecular formula is C10H10N2S2. The first-order valence-corrected chi connectivity index (χ1v) is 5.56.